The van der Waals surface area contributed by atoms with Crippen LogP contribution in [-0.2, 0) is 4.79 Å². The Morgan fingerprint density at radius 3 is 2.24 bits per heavy atom. The second-order valence-corrected chi connectivity index (χ2v) is 11.8. The molecule has 1 aliphatic rings. The molecule has 1 N–H and O–H groups in total. The van der Waals surface area contributed by atoms with Gasteiger partial charge in [0, 0.05) is 63.5 Å². The van der Waals surface area contributed by atoms with Crippen LogP contribution in [0.1, 0.15) is 88.8 Å². The topological polar surface area (TPSA) is 65.1 Å². The molecule has 0 radical (unpaired) electrons. The number of carbonyl (C=O) groups excluding carboxylic acids is 2. The summed E-state index contributed by atoms with van der Waals surface area (Å²) in [5, 5.41) is 3.26. The number of piperazine rings is 1. The number of methoxy groups -OCH3 is 1. The number of unbranched alkanes of at least 4 members (excludes halogenated alkanes) is 2. The van der Waals surface area contributed by atoms with Crippen LogP contribution in [0.25, 0.3) is 6.08 Å². The number of nitrogens with zero attached hydrogens (tertiary/aromatic N) is 3. The summed E-state index contributed by atoms with van der Waals surface area (Å²) in [6.07, 6.45) is 7.76. The van der Waals surface area contributed by atoms with E-state index in [0.29, 0.717) is 44.4 Å². The third-order valence-electron chi connectivity index (χ3n) is 8.06. The maximum absolute atomic E-state index is 13.3. The van der Waals surface area contributed by atoms with E-state index in [1.807, 2.05) is 40.1 Å². The molecule has 0 atom stereocenters. The summed E-state index contributed by atoms with van der Waals surface area (Å²) in [5.74, 6) is 1.68. The highest BCUT2D eigenvalue weighted by Gasteiger charge is 2.24. The Hall–Kier alpha value is -3.32. The number of anilines is 1. The lowest BCUT2D eigenvalue weighted by Gasteiger charge is -2.36. The van der Waals surface area contributed by atoms with Crippen molar-refractivity contribution in [2.45, 2.75) is 72.1 Å². The molecule has 1 fully saturated rings. The van der Waals surface area contributed by atoms with E-state index in [-0.39, 0.29) is 11.9 Å². The molecule has 1 aliphatic heterocycles. The van der Waals surface area contributed by atoms with Gasteiger partial charge < -0.3 is 19.9 Å². The van der Waals surface area contributed by atoms with Gasteiger partial charge in [0.15, 0.2) is 0 Å². The summed E-state index contributed by atoms with van der Waals surface area (Å²) in [6, 6.07) is 14.2. The molecule has 3 rings (SSSR count). The predicted molar refractivity (Wildman–Crippen MR) is 174 cm³/mol. The zero-order chi connectivity index (χ0) is 30.5. The fourth-order valence-electron chi connectivity index (χ4n) is 5.43. The molecule has 42 heavy (non-hydrogen) atoms. The number of amides is 3. The van der Waals surface area contributed by atoms with E-state index in [0.717, 1.165) is 55.9 Å². The van der Waals surface area contributed by atoms with Crippen LogP contribution in [0.2, 0.25) is 0 Å². The predicted octanol–water partition coefficient (Wildman–Crippen LogP) is 7.21. The minimum Gasteiger partial charge on any atom is -0.496 e. The molecule has 3 amide bonds. The van der Waals surface area contributed by atoms with Crippen molar-refractivity contribution in [3.05, 3.63) is 65.2 Å². The average Bonchev–Trinajstić information content (AvgIpc) is 2.99. The van der Waals surface area contributed by atoms with Gasteiger partial charge in [-0.3, -0.25) is 9.69 Å². The van der Waals surface area contributed by atoms with Gasteiger partial charge in [0.2, 0.25) is 5.91 Å². The summed E-state index contributed by atoms with van der Waals surface area (Å²) in [5.41, 5.74) is 4.32. The number of hydrogen-bond donors (Lipinski definition) is 1. The molecular weight excluding hydrogens is 524 g/mol. The monoisotopic (exact) mass is 576 g/mol. The fraction of sp³-hybridized carbons (Fsp3) is 0.543. The standard InChI is InChI=1S/C35H52N4O3/c1-7-8-9-19-33(40)38(20-13-15-29-14-10-11-18-32(29)42-6)24-21-37-22-25-39(26-23-37)35(41)36-34-30(27(2)3)16-12-17-31(34)28(4)5/h10-18,27-28H,7-9,19-26H2,1-6H3,(H,36,41). The van der Waals surface area contributed by atoms with E-state index < -0.39 is 0 Å². The Balaban J connectivity index is 1.57. The minimum absolute atomic E-state index is 0.0288. The largest absolute Gasteiger partial charge is 0.496 e. The molecule has 0 aliphatic carbocycles. The number of nitrogens with one attached hydrogen (secondary N) is 1. The summed E-state index contributed by atoms with van der Waals surface area (Å²) in [4.78, 5) is 32.7. The summed E-state index contributed by atoms with van der Waals surface area (Å²) in [7, 11) is 1.67. The number of ether oxygens (including phenoxy) is 1. The maximum Gasteiger partial charge on any atom is 0.321 e. The third-order valence-corrected chi connectivity index (χ3v) is 8.06. The molecule has 0 spiro atoms. The van der Waals surface area contributed by atoms with Crippen LogP contribution in [0, 0.1) is 0 Å². The molecular formula is C35H52N4O3. The molecule has 230 valence electrons. The highest BCUT2D eigenvalue weighted by atomic mass is 16.5. The normalized spacial score (nSPS) is 14.1. The van der Waals surface area contributed by atoms with Crippen molar-refractivity contribution >= 4 is 23.7 Å². The second-order valence-electron chi connectivity index (χ2n) is 11.8. The van der Waals surface area contributed by atoms with E-state index >= 15 is 0 Å². The number of benzene rings is 2. The molecule has 0 aromatic heterocycles. The Labute approximate surface area is 253 Å². The van der Waals surface area contributed by atoms with Crippen LogP contribution in [-0.4, -0.2) is 79.6 Å². The minimum atomic E-state index is -0.0288. The molecule has 0 saturated carbocycles. The Morgan fingerprint density at radius 1 is 0.952 bits per heavy atom. The summed E-state index contributed by atoms with van der Waals surface area (Å²) < 4.78 is 5.46. The second kappa shape index (κ2) is 17.0. The summed E-state index contributed by atoms with van der Waals surface area (Å²) in [6.45, 7) is 15.8. The van der Waals surface area contributed by atoms with Crippen LogP contribution < -0.4 is 10.1 Å². The Morgan fingerprint density at radius 2 is 1.62 bits per heavy atom. The SMILES string of the molecule is CCCCCC(=O)N(CC=Cc1ccccc1OC)CCN1CCN(C(=O)Nc2c(C(C)C)cccc2C(C)C)CC1. The lowest BCUT2D eigenvalue weighted by Crippen LogP contribution is -2.51. The molecule has 1 heterocycles. The van der Waals surface area contributed by atoms with Crippen LogP contribution in [0.4, 0.5) is 10.5 Å². The van der Waals surface area contributed by atoms with Crippen molar-refractivity contribution in [2.75, 3.05) is 58.2 Å². The first-order valence-electron chi connectivity index (χ1n) is 15.7. The molecule has 2 aromatic rings. The third kappa shape index (κ3) is 9.62. The van der Waals surface area contributed by atoms with Crippen LogP contribution >= 0.6 is 0 Å². The number of rotatable bonds is 14. The number of hydrogen-bond acceptors (Lipinski definition) is 4. The van der Waals surface area contributed by atoms with Gasteiger partial charge in [-0.15, -0.1) is 0 Å². The van der Waals surface area contributed by atoms with E-state index in [9.17, 15) is 9.59 Å². The van der Waals surface area contributed by atoms with Crippen LogP contribution in [0.3, 0.4) is 0 Å². The molecule has 2 aromatic carbocycles. The highest BCUT2D eigenvalue weighted by Crippen LogP contribution is 2.32. The summed E-state index contributed by atoms with van der Waals surface area (Å²) >= 11 is 0. The molecule has 1 saturated heterocycles. The van der Waals surface area contributed by atoms with Crippen LogP contribution in [0.5, 0.6) is 5.75 Å². The molecule has 0 unspecified atom stereocenters. The van der Waals surface area contributed by atoms with Crippen LogP contribution in [0.15, 0.2) is 48.5 Å². The zero-order valence-electron chi connectivity index (χ0n) is 26.7. The van der Waals surface area contributed by atoms with E-state index in [1.54, 1.807) is 7.11 Å². The van der Waals surface area contributed by atoms with Gasteiger partial charge in [0.1, 0.15) is 5.75 Å². The Kier molecular flexibility index (Phi) is 13.4. The lowest BCUT2D eigenvalue weighted by atomic mass is 9.93. The van der Waals surface area contributed by atoms with E-state index in [1.165, 1.54) is 11.1 Å². The van der Waals surface area contributed by atoms with Gasteiger partial charge in [0.25, 0.3) is 0 Å². The van der Waals surface area contributed by atoms with E-state index in [4.69, 9.17) is 4.74 Å². The van der Waals surface area contributed by atoms with Gasteiger partial charge in [-0.2, -0.15) is 0 Å². The smallest absolute Gasteiger partial charge is 0.321 e. The molecule has 7 nitrogen and oxygen atoms in total. The van der Waals surface area contributed by atoms with Gasteiger partial charge in [0.05, 0.1) is 7.11 Å². The van der Waals surface area contributed by atoms with Crippen molar-refractivity contribution < 1.29 is 14.3 Å². The van der Waals surface area contributed by atoms with Gasteiger partial charge in [-0.25, -0.2) is 4.79 Å². The lowest BCUT2D eigenvalue weighted by molar-refractivity contribution is -0.131. The van der Waals surface area contributed by atoms with Crippen molar-refractivity contribution in [1.82, 2.24) is 14.7 Å². The first-order valence-corrected chi connectivity index (χ1v) is 15.7. The number of carbonyl (C=O) groups is 2. The Bertz CT molecular complexity index is 1140. The number of para-hydroxylation sites is 2. The number of urea groups is 1. The van der Waals surface area contributed by atoms with Gasteiger partial charge >= 0.3 is 6.03 Å². The van der Waals surface area contributed by atoms with Crippen molar-refractivity contribution in [3.8, 4) is 5.75 Å². The van der Waals surface area contributed by atoms with Crippen molar-refractivity contribution in [1.29, 1.82) is 0 Å². The highest BCUT2D eigenvalue weighted by molar-refractivity contribution is 5.91. The fourth-order valence-corrected chi connectivity index (χ4v) is 5.43. The van der Waals surface area contributed by atoms with Gasteiger partial charge in [-0.05, 0) is 35.4 Å². The van der Waals surface area contributed by atoms with Gasteiger partial charge in [-0.1, -0.05) is 96.0 Å². The van der Waals surface area contributed by atoms with Crippen molar-refractivity contribution in [3.63, 3.8) is 0 Å². The maximum atomic E-state index is 13.3. The zero-order valence-corrected chi connectivity index (χ0v) is 26.7. The first kappa shape index (κ1) is 33.2. The first-order chi connectivity index (χ1) is 20.2. The molecule has 0 bridgehead atoms. The average molecular weight is 577 g/mol. The van der Waals surface area contributed by atoms with Crippen molar-refractivity contribution in [2.24, 2.45) is 0 Å². The quantitative estimate of drug-likeness (QED) is 0.241. The molecule has 7 heteroatoms. The van der Waals surface area contributed by atoms with E-state index in [2.05, 4.69) is 69.1 Å².